The molecule has 3 N–H and O–H groups in total. The highest BCUT2D eigenvalue weighted by Gasteiger charge is 2.13. The molecule has 0 aliphatic rings. The minimum absolute atomic E-state index is 0. The Kier molecular flexibility index (Phi) is 9.58. The van der Waals surface area contributed by atoms with Crippen molar-refractivity contribution in [1.29, 1.82) is 0 Å². The second-order valence-electron chi connectivity index (χ2n) is 5.31. The Hall–Kier alpha value is -0.890. The standard InChI is InChI=1S/C17H22BrNO4.ClH/c18-17-15-4-2-1-3-13(15)5-6-16(17)23-12-14(22)11-19(7-9-20)8-10-21;/h1-6,14,20-22H,7-12H2;1H. The molecule has 24 heavy (non-hydrogen) atoms. The van der Waals surface area contributed by atoms with E-state index < -0.39 is 6.10 Å². The summed E-state index contributed by atoms with van der Waals surface area (Å²) in [7, 11) is 0. The zero-order valence-electron chi connectivity index (χ0n) is 13.3. The van der Waals surface area contributed by atoms with Gasteiger partial charge in [0, 0.05) is 19.6 Å². The maximum absolute atomic E-state index is 10.1. The minimum atomic E-state index is -0.702. The summed E-state index contributed by atoms with van der Waals surface area (Å²) in [4.78, 5) is 1.80. The number of fused-ring (bicyclic) bond motifs is 1. The first-order chi connectivity index (χ1) is 11.2. The lowest BCUT2D eigenvalue weighted by Gasteiger charge is -2.23. The molecule has 1 unspecified atom stereocenters. The lowest BCUT2D eigenvalue weighted by molar-refractivity contribution is 0.0551. The highest BCUT2D eigenvalue weighted by molar-refractivity contribution is 9.10. The number of aliphatic hydroxyl groups excluding tert-OH is 3. The van der Waals surface area contributed by atoms with Crippen molar-refractivity contribution in [3.63, 3.8) is 0 Å². The Labute approximate surface area is 156 Å². The molecular weight excluding hydrogens is 398 g/mol. The number of hydrogen-bond acceptors (Lipinski definition) is 5. The van der Waals surface area contributed by atoms with Gasteiger partial charge in [-0.2, -0.15) is 0 Å². The highest BCUT2D eigenvalue weighted by atomic mass is 79.9. The van der Waals surface area contributed by atoms with Crippen LogP contribution >= 0.6 is 28.3 Å². The van der Waals surface area contributed by atoms with Gasteiger partial charge in [0.2, 0.25) is 0 Å². The third-order valence-electron chi connectivity index (χ3n) is 3.56. The van der Waals surface area contributed by atoms with Crippen molar-refractivity contribution in [3.8, 4) is 5.75 Å². The van der Waals surface area contributed by atoms with E-state index in [0.717, 1.165) is 15.2 Å². The summed E-state index contributed by atoms with van der Waals surface area (Å²) in [5.74, 6) is 0.679. The van der Waals surface area contributed by atoms with E-state index in [1.165, 1.54) is 0 Å². The van der Waals surface area contributed by atoms with Gasteiger partial charge in [-0.15, -0.1) is 12.4 Å². The lowest BCUT2D eigenvalue weighted by Crippen LogP contribution is -2.38. The zero-order chi connectivity index (χ0) is 16.7. The molecule has 0 amide bonds. The summed E-state index contributed by atoms with van der Waals surface area (Å²) in [5.41, 5.74) is 0. The zero-order valence-corrected chi connectivity index (χ0v) is 15.7. The molecular formula is C17H23BrClNO4. The first-order valence-electron chi connectivity index (χ1n) is 7.58. The summed E-state index contributed by atoms with van der Waals surface area (Å²) in [6, 6.07) is 11.8. The van der Waals surface area contributed by atoms with Crippen molar-refractivity contribution < 1.29 is 20.1 Å². The third-order valence-corrected chi connectivity index (χ3v) is 4.38. The van der Waals surface area contributed by atoms with Crippen molar-refractivity contribution in [2.75, 3.05) is 39.5 Å². The van der Waals surface area contributed by atoms with Crippen LogP contribution in [-0.2, 0) is 0 Å². The van der Waals surface area contributed by atoms with Gasteiger partial charge in [-0.3, -0.25) is 4.90 Å². The van der Waals surface area contributed by atoms with Gasteiger partial charge in [-0.25, -0.2) is 0 Å². The van der Waals surface area contributed by atoms with Crippen LogP contribution in [0.1, 0.15) is 0 Å². The normalized spacial score (nSPS) is 12.2. The summed E-state index contributed by atoms with van der Waals surface area (Å²) in [5, 5.41) is 30.2. The molecule has 0 aliphatic carbocycles. The summed E-state index contributed by atoms with van der Waals surface area (Å²) in [6.07, 6.45) is -0.702. The second kappa shape index (κ2) is 10.9. The Bertz CT molecular complexity index is 623. The maximum Gasteiger partial charge on any atom is 0.134 e. The molecule has 0 aromatic heterocycles. The van der Waals surface area contributed by atoms with Crippen LogP contribution in [0.2, 0.25) is 0 Å². The monoisotopic (exact) mass is 419 g/mol. The average molecular weight is 421 g/mol. The van der Waals surface area contributed by atoms with Crippen LogP contribution in [0.15, 0.2) is 40.9 Å². The second-order valence-corrected chi connectivity index (χ2v) is 6.10. The Morgan fingerprint density at radius 2 is 1.71 bits per heavy atom. The number of ether oxygens (including phenoxy) is 1. The molecule has 1 atom stereocenters. The van der Waals surface area contributed by atoms with Gasteiger partial charge in [-0.1, -0.05) is 30.3 Å². The molecule has 2 aromatic rings. The fourth-order valence-corrected chi connectivity index (χ4v) is 3.05. The number of halogens is 2. The van der Waals surface area contributed by atoms with Crippen molar-refractivity contribution >= 4 is 39.1 Å². The summed E-state index contributed by atoms with van der Waals surface area (Å²) in [6.45, 7) is 1.29. The molecule has 5 nitrogen and oxygen atoms in total. The van der Waals surface area contributed by atoms with Gasteiger partial charge in [0.05, 0.1) is 17.7 Å². The predicted molar refractivity (Wildman–Crippen MR) is 101 cm³/mol. The van der Waals surface area contributed by atoms with E-state index in [9.17, 15) is 5.11 Å². The number of hydrogen-bond donors (Lipinski definition) is 3. The number of nitrogens with zero attached hydrogens (tertiary/aromatic N) is 1. The fraction of sp³-hybridized carbons (Fsp3) is 0.412. The molecule has 0 heterocycles. The highest BCUT2D eigenvalue weighted by Crippen LogP contribution is 2.33. The number of rotatable bonds is 9. The van der Waals surface area contributed by atoms with Crippen LogP contribution in [0.4, 0.5) is 0 Å². The average Bonchev–Trinajstić information content (AvgIpc) is 2.55. The third kappa shape index (κ3) is 5.88. The van der Waals surface area contributed by atoms with Crippen molar-refractivity contribution in [1.82, 2.24) is 4.90 Å². The summed E-state index contributed by atoms with van der Waals surface area (Å²) >= 11 is 3.55. The fourth-order valence-electron chi connectivity index (χ4n) is 2.44. The topological polar surface area (TPSA) is 73.2 Å². The van der Waals surface area contributed by atoms with E-state index in [4.69, 9.17) is 14.9 Å². The quantitative estimate of drug-likeness (QED) is 0.579. The molecule has 2 aromatic carbocycles. The van der Waals surface area contributed by atoms with E-state index in [2.05, 4.69) is 15.9 Å². The molecule has 0 spiro atoms. The van der Waals surface area contributed by atoms with Crippen LogP contribution in [0, 0.1) is 0 Å². The Morgan fingerprint density at radius 3 is 2.38 bits per heavy atom. The van der Waals surface area contributed by atoms with Gasteiger partial charge in [0.15, 0.2) is 0 Å². The Morgan fingerprint density at radius 1 is 1.04 bits per heavy atom. The van der Waals surface area contributed by atoms with Crippen LogP contribution in [0.25, 0.3) is 10.8 Å². The smallest absolute Gasteiger partial charge is 0.134 e. The predicted octanol–water partition coefficient (Wildman–Crippen LogP) is 2.05. The maximum atomic E-state index is 10.1. The largest absolute Gasteiger partial charge is 0.490 e. The molecule has 0 bridgehead atoms. The van der Waals surface area contributed by atoms with Crippen molar-refractivity contribution in [2.24, 2.45) is 0 Å². The SMILES string of the molecule is Cl.OCCN(CCO)CC(O)COc1ccc2ccccc2c1Br. The Balaban J connectivity index is 0.00000288. The van der Waals surface area contributed by atoms with E-state index in [1.807, 2.05) is 36.4 Å². The molecule has 0 fully saturated rings. The molecule has 134 valence electrons. The van der Waals surface area contributed by atoms with Gasteiger partial charge in [0.25, 0.3) is 0 Å². The van der Waals surface area contributed by atoms with Gasteiger partial charge < -0.3 is 20.1 Å². The van der Waals surface area contributed by atoms with Gasteiger partial charge >= 0.3 is 0 Å². The molecule has 0 saturated heterocycles. The molecule has 0 saturated carbocycles. The van der Waals surface area contributed by atoms with Crippen molar-refractivity contribution in [2.45, 2.75) is 6.10 Å². The first-order valence-corrected chi connectivity index (χ1v) is 8.37. The lowest BCUT2D eigenvalue weighted by atomic mass is 10.1. The minimum Gasteiger partial charge on any atom is -0.490 e. The molecule has 2 rings (SSSR count). The first kappa shape index (κ1) is 21.2. The van der Waals surface area contributed by atoms with Gasteiger partial charge in [0.1, 0.15) is 18.5 Å². The van der Waals surface area contributed by atoms with Crippen LogP contribution in [0.3, 0.4) is 0 Å². The number of aliphatic hydroxyl groups is 3. The van der Waals surface area contributed by atoms with E-state index in [-0.39, 0.29) is 32.2 Å². The van der Waals surface area contributed by atoms with Crippen LogP contribution < -0.4 is 4.74 Å². The summed E-state index contributed by atoms with van der Waals surface area (Å²) < 4.78 is 6.58. The van der Waals surface area contributed by atoms with Crippen LogP contribution in [-0.4, -0.2) is 65.8 Å². The van der Waals surface area contributed by atoms with Gasteiger partial charge in [-0.05, 0) is 32.8 Å². The van der Waals surface area contributed by atoms with E-state index in [1.54, 1.807) is 4.90 Å². The number of benzene rings is 2. The van der Waals surface area contributed by atoms with E-state index >= 15 is 0 Å². The van der Waals surface area contributed by atoms with Crippen LogP contribution in [0.5, 0.6) is 5.75 Å². The molecule has 0 radical (unpaired) electrons. The molecule has 7 heteroatoms. The van der Waals surface area contributed by atoms with E-state index in [0.29, 0.717) is 25.4 Å². The van der Waals surface area contributed by atoms with Crippen molar-refractivity contribution in [3.05, 3.63) is 40.9 Å². The molecule has 0 aliphatic heterocycles.